The highest BCUT2D eigenvalue weighted by Crippen LogP contribution is 2.19. The predicted octanol–water partition coefficient (Wildman–Crippen LogP) is 1.40. The molecule has 3 rings (SSSR count). The quantitative estimate of drug-likeness (QED) is 0.901. The van der Waals surface area contributed by atoms with E-state index in [2.05, 4.69) is 28.4 Å². The van der Waals surface area contributed by atoms with Crippen LogP contribution in [0.4, 0.5) is 0 Å². The molecule has 19 heavy (non-hydrogen) atoms. The fraction of sp³-hybridized carbons (Fsp3) is 0.500. The Morgan fingerprint density at radius 2 is 2.21 bits per heavy atom. The molecule has 2 aromatic rings. The predicted molar refractivity (Wildman–Crippen MR) is 79.8 cm³/mol. The SMILES string of the molecule is Cn1c(=O)sc2cc(CN3CCCNCC3)ccc21. The zero-order chi connectivity index (χ0) is 13.2. The van der Waals surface area contributed by atoms with E-state index in [9.17, 15) is 4.79 Å². The summed E-state index contributed by atoms with van der Waals surface area (Å²) in [6.07, 6.45) is 1.21. The fourth-order valence-electron chi connectivity index (χ4n) is 2.59. The first-order chi connectivity index (χ1) is 9.24. The molecule has 0 amide bonds. The average Bonchev–Trinajstić information content (AvgIpc) is 2.60. The van der Waals surface area contributed by atoms with Gasteiger partial charge in [0.05, 0.1) is 10.2 Å². The van der Waals surface area contributed by atoms with E-state index in [0.29, 0.717) is 0 Å². The van der Waals surface area contributed by atoms with E-state index >= 15 is 0 Å². The zero-order valence-electron chi connectivity index (χ0n) is 11.2. The van der Waals surface area contributed by atoms with Crippen molar-refractivity contribution in [2.75, 3.05) is 26.2 Å². The van der Waals surface area contributed by atoms with Crippen LogP contribution in [-0.2, 0) is 13.6 Å². The number of hydrogen-bond donors (Lipinski definition) is 1. The van der Waals surface area contributed by atoms with E-state index in [-0.39, 0.29) is 4.87 Å². The highest BCUT2D eigenvalue weighted by Gasteiger charge is 2.10. The van der Waals surface area contributed by atoms with Gasteiger partial charge < -0.3 is 9.88 Å². The Hall–Kier alpha value is -1.17. The number of nitrogens with zero attached hydrogens (tertiary/aromatic N) is 2. The summed E-state index contributed by atoms with van der Waals surface area (Å²) >= 11 is 1.34. The molecule has 1 aliphatic heterocycles. The lowest BCUT2D eigenvalue weighted by atomic mass is 10.2. The molecule has 1 aliphatic rings. The molecule has 0 bridgehead atoms. The first-order valence-corrected chi connectivity index (χ1v) is 7.57. The average molecular weight is 277 g/mol. The third-order valence-corrected chi connectivity index (χ3v) is 4.69. The number of nitrogens with one attached hydrogen (secondary N) is 1. The lowest BCUT2D eigenvalue weighted by Crippen LogP contribution is -2.27. The summed E-state index contributed by atoms with van der Waals surface area (Å²) in [5.41, 5.74) is 2.34. The molecular formula is C14H19N3OS. The van der Waals surface area contributed by atoms with Gasteiger partial charge in [-0.15, -0.1) is 0 Å². The van der Waals surface area contributed by atoms with Crippen LogP contribution in [0.25, 0.3) is 10.2 Å². The van der Waals surface area contributed by atoms with Crippen molar-refractivity contribution >= 4 is 21.6 Å². The molecule has 2 heterocycles. The van der Waals surface area contributed by atoms with Crippen LogP contribution in [-0.4, -0.2) is 35.6 Å². The second kappa shape index (κ2) is 5.45. The summed E-state index contributed by atoms with van der Waals surface area (Å²) in [6.45, 7) is 5.42. The minimum absolute atomic E-state index is 0.117. The Bertz CT molecular complexity index is 623. The standard InChI is InChI=1S/C14H19N3OS/c1-16-12-4-3-11(9-13(12)19-14(16)18)10-17-7-2-5-15-6-8-17/h3-4,9,15H,2,5-8,10H2,1H3. The van der Waals surface area contributed by atoms with Gasteiger partial charge >= 0.3 is 4.87 Å². The van der Waals surface area contributed by atoms with Crippen LogP contribution in [0.15, 0.2) is 23.0 Å². The number of thiazole rings is 1. The first-order valence-electron chi connectivity index (χ1n) is 6.75. The van der Waals surface area contributed by atoms with Gasteiger partial charge in [0.25, 0.3) is 0 Å². The molecule has 0 radical (unpaired) electrons. The van der Waals surface area contributed by atoms with Crippen molar-refractivity contribution in [3.05, 3.63) is 33.4 Å². The molecule has 102 valence electrons. The molecule has 1 fully saturated rings. The van der Waals surface area contributed by atoms with Crippen molar-refractivity contribution < 1.29 is 0 Å². The zero-order valence-corrected chi connectivity index (χ0v) is 12.0. The Kier molecular flexibility index (Phi) is 3.68. The molecular weight excluding hydrogens is 258 g/mol. The molecule has 5 heteroatoms. The summed E-state index contributed by atoms with van der Waals surface area (Å²) in [7, 11) is 1.83. The topological polar surface area (TPSA) is 37.3 Å². The van der Waals surface area contributed by atoms with E-state index in [1.807, 2.05) is 7.05 Å². The van der Waals surface area contributed by atoms with Gasteiger partial charge in [-0.1, -0.05) is 17.4 Å². The van der Waals surface area contributed by atoms with Gasteiger partial charge in [-0.3, -0.25) is 9.69 Å². The van der Waals surface area contributed by atoms with E-state index in [4.69, 9.17) is 0 Å². The Morgan fingerprint density at radius 1 is 1.32 bits per heavy atom. The van der Waals surface area contributed by atoms with Crippen molar-refractivity contribution in [1.82, 2.24) is 14.8 Å². The molecule has 0 saturated carbocycles. The molecule has 1 aromatic heterocycles. The Balaban J connectivity index is 1.82. The van der Waals surface area contributed by atoms with Crippen molar-refractivity contribution in [3.8, 4) is 0 Å². The van der Waals surface area contributed by atoms with Crippen LogP contribution in [0.2, 0.25) is 0 Å². The van der Waals surface area contributed by atoms with Gasteiger partial charge in [0, 0.05) is 26.7 Å². The maximum atomic E-state index is 11.6. The third kappa shape index (κ3) is 2.73. The van der Waals surface area contributed by atoms with Gasteiger partial charge in [-0.2, -0.15) is 0 Å². The van der Waals surface area contributed by atoms with E-state index < -0.39 is 0 Å². The molecule has 1 saturated heterocycles. The molecule has 0 atom stereocenters. The van der Waals surface area contributed by atoms with Crippen molar-refractivity contribution in [2.45, 2.75) is 13.0 Å². The molecule has 1 aromatic carbocycles. The molecule has 0 unspecified atom stereocenters. The fourth-order valence-corrected chi connectivity index (χ4v) is 3.54. The monoisotopic (exact) mass is 277 g/mol. The number of aryl methyl sites for hydroxylation is 1. The maximum Gasteiger partial charge on any atom is 0.307 e. The number of benzene rings is 1. The van der Waals surface area contributed by atoms with Gasteiger partial charge in [0.1, 0.15) is 0 Å². The normalized spacial score (nSPS) is 17.7. The lowest BCUT2D eigenvalue weighted by molar-refractivity contribution is 0.284. The minimum atomic E-state index is 0.117. The van der Waals surface area contributed by atoms with Crippen LogP contribution in [0.3, 0.4) is 0 Å². The first kappa shape index (κ1) is 12.8. The smallest absolute Gasteiger partial charge is 0.307 e. The Morgan fingerprint density at radius 3 is 3.11 bits per heavy atom. The van der Waals surface area contributed by atoms with E-state index in [1.165, 1.54) is 23.3 Å². The molecule has 0 aliphatic carbocycles. The number of fused-ring (bicyclic) bond motifs is 1. The van der Waals surface area contributed by atoms with Crippen molar-refractivity contribution in [1.29, 1.82) is 0 Å². The number of aromatic nitrogens is 1. The maximum absolute atomic E-state index is 11.6. The van der Waals surface area contributed by atoms with Gasteiger partial charge in [0.15, 0.2) is 0 Å². The highest BCUT2D eigenvalue weighted by molar-refractivity contribution is 7.16. The van der Waals surface area contributed by atoms with Gasteiger partial charge in [-0.05, 0) is 37.2 Å². The summed E-state index contributed by atoms with van der Waals surface area (Å²) in [5, 5.41) is 3.42. The second-order valence-electron chi connectivity index (χ2n) is 5.11. The van der Waals surface area contributed by atoms with Crippen LogP contribution in [0, 0.1) is 0 Å². The summed E-state index contributed by atoms with van der Waals surface area (Å²) in [6, 6.07) is 6.38. The summed E-state index contributed by atoms with van der Waals surface area (Å²) in [4.78, 5) is 14.2. The lowest BCUT2D eigenvalue weighted by Gasteiger charge is -2.19. The third-order valence-electron chi connectivity index (χ3n) is 3.70. The number of rotatable bonds is 2. The van der Waals surface area contributed by atoms with Crippen LogP contribution in [0.1, 0.15) is 12.0 Å². The highest BCUT2D eigenvalue weighted by atomic mass is 32.1. The van der Waals surface area contributed by atoms with E-state index in [0.717, 1.165) is 42.9 Å². The van der Waals surface area contributed by atoms with Crippen LogP contribution >= 0.6 is 11.3 Å². The second-order valence-corrected chi connectivity index (χ2v) is 6.10. The molecule has 4 nitrogen and oxygen atoms in total. The van der Waals surface area contributed by atoms with Crippen LogP contribution in [0.5, 0.6) is 0 Å². The van der Waals surface area contributed by atoms with Gasteiger partial charge in [0.2, 0.25) is 0 Å². The summed E-state index contributed by atoms with van der Waals surface area (Å²) in [5.74, 6) is 0. The van der Waals surface area contributed by atoms with Gasteiger partial charge in [-0.25, -0.2) is 0 Å². The largest absolute Gasteiger partial charge is 0.315 e. The molecule has 0 spiro atoms. The van der Waals surface area contributed by atoms with Crippen LogP contribution < -0.4 is 10.2 Å². The summed E-state index contributed by atoms with van der Waals surface area (Å²) < 4.78 is 2.82. The van der Waals surface area contributed by atoms with E-state index in [1.54, 1.807) is 4.57 Å². The minimum Gasteiger partial charge on any atom is -0.315 e. The van der Waals surface area contributed by atoms with Crippen molar-refractivity contribution in [3.63, 3.8) is 0 Å². The number of hydrogen-bond acceptors (Lipinski definition) is 4. The van der Waals surface area contributed by atoms with Crippen molar-refractivity contribution in [2.24, 2.45) is 7.05 Å². The Labute approximate surface area is 116 Å². The molecule has 1 N–H and O–H groups in total.